The maximum atomic E-state index is 11.6. The van der Waals surface area contributed by atoms with E-state index in [1.165, 1.54) is 19.3 Å². The van der Waals surface area contributed by atoms with Crippen LogP contribution < -0.4 is 0 Å². The van der Waals surface area contributed by atoms with Gasteiger partial charge in [0.2, 0.25) is 5.79 Å². The van der Waals surface area contributed by atoms with Gasteiger partial charge in [0, 0.05) is 0 Å². The van der Waals surface area contributed by atoms with Gasteiger partial charge in [0.25, 0.3) is 0 Å². The smallest absolute Gasteiger partial charge is 0.312 e. The monoisotopic (exact) mass is 378 g/mol. The second-order valence-corrected chi connectivity index (χ2v) is 7.17. The molecule has 1 rings (SSSR count). The highest BCUT2D eigenvalue weighted by Gasteiger charge is 2.58. The molecule has 0 aromatic rings. The fraction of sp³-hybridized carbons (Fsp3) is 0.944. The van der Waals surface area contributed by atoms with E-state index in [2.05, 4.69) is 6.92 Å². The van der Waals surface area contributed by atoms with Gasteiger partial charge in [-0.15, -0.1) is 0 Å². The highest BCUT2D eigenvalue weighted by Crippen LogP contribution is 2.36. The van der Waals surface area contributed by atoms with Crippen LogP contribution >= 0.6 is 0 Å². The van der Waals surface area contributed by atoms with Crippen molar-refractivity contribution in [3.8, 4) is 0 Å². The van der Waals surface area contributed by atoms with Gasteiger partial charge in [-0.1, -0.05) is 58.3 Å². The highest BCUT2D eigenvalue weighted by atomic mass is 16.7. The lowest BCUT2D eigenvalue weighted by molar-refractivity contribution is -0.365. The Labute approximate surface area is 154 Å². The lowest BCUT2D eigenvalue weighted by Crippen LogP contribution is -2.68. The minimum Gasteiger partial charge on any atom is -0.481 e. The van der Waals surface area contributed by atoms with Crippen LogP contribution in [0.15, 0.2) is 0 Å². The average Bonchev–Trinajstić information content (AvgIpc) is 2.61. The predicted octanol–water partition coefficient (Wildman–Crippen LogP) is 0.380. The Kier molecular flexibility index (Phi) is 9.99. The van der Waals surface area contributed by atoms with E-state index in [9.17, 15) is 35.4 Å². The molecule has 1 heterocycles. The minimum atomic E-state index is -2.57. The van der Waals surface area contributed by atoms with Crippen molar-refractivity contribution < 1.29 is 40.2 Å². The number of rotatable bonds is 12. The van der Waals surface area contributed by atoms with Gasteiger partial charge in [-0.2, -0.15) is 0 Å². The molecule has 0 amide bonds. The van der Waals surface area contributed by atoms with Crippen LogP contribution in [0.25, 0.3) is 0 Å². The minimum absolute atomic E-state index is 0.0544. The number of hydrogen-bond donors (Lipinski definition) is 6. The molecule has 0 aliphatic carbocycles. The molecule has 1 aliphatic rings. The average molecular weight is 378 g/mol. The van der Waals surface area contributed by atoms with Crippen molar-refractivity contribution >= 4 is 5.97 Å². The Morgan fingerprint density at radius 3 is 2.04 bits per heavy atom. The van der Waals surface area contributed by atoms with Gasteiger partial charge >= 0.3 is 5.97 Å². The van der Waals surface area contributed by atoms with Crippen molar-refractivity contribution in [1.82, 2.24) is 0 Å². The first-order valence-electron chi connectivity index (χ1n) is 9.57. The van der Waals surface area contributed by atoms with E-state index in [1.54, 1.807) is 0 Å². The lowest BCUT2D eigenvalue weighted by Gasteiger charge is -2.47. The first-order valence-corrected chi connectivity index (χ1v) is 9.57. The van der Waals surface area contributed by atoms with Gasteiger partial charge < -0.3 is 35.4 Å². The second kappa shape index (κ2) is 11.2. The number of aliphatic hydroxyl groups excluding tert-OH is 4. The lowest BCUT2D eigenvalue weighted by atomic mass is 9.82. The summed E-state index contributed by atoms with van der Waals surface area (Å²) in [5, 5.41) is 59.0. The Morgan fingerprint density at radius 2 is 1.54 bits per heavy atom. The summed E-state index contributed by atoms with van der Waals surface area (Å²) >= 11 is 0. The fourth-order valence-corrected chi connectivity index (χ4v) is 3.46. The van der Waals surface area contributed by atoms with Crippen LogP contribution in [0.5, 0.6) is 0 Å². The fourth-order valence-electron chi connectivity index (χ4n) is 3.46. The molecule has 154 valence electrons. The number of carbonyl (C=O) groups is 1. The Hall–Kier alpha value is -0.770. The Morgan fingerprint density at radius 1 is 1.00 bits per heavy atom. The van der Waals surface area contributed by atoms with Crippen molar-refractivity contribution in [2.75, 3.05) is 6.61 Å². The van der Waals surface area contributed by atoms with Crippen molar-refractivity contribution in [1.29, 1.82) is 0 Å². The third-order valence-corrected chi connectivity index (χ3v) is 5.14. The molecule has 1 saturated heterocycles. The summed E-state index contributed by atoms with van der Waals surface area (Å²) in [5.74, 6) is -5.41. The largest absolute Gasteiger partial charge is 0.481 e. The summed E-state index contributed by atoms with van der Waals surface area (Å²) in [4.78, 5) is 11.6. The molecule has 0 spiro atoms. The summed E-state index contributed by atoms with van der Waals surface area (Å²) in [6.07, 6.45) is 1.31. The molecule has 0 saturated carbocycles. The predicted molar refractivity (Wildman–Crippen MR) is 93.3 cm³/mol. The molecule has 26 heavy (non-hydrogen) atoms. The van der Waals surface area contributed by atoms with E-state index < -0.39 is 48.7 Å². The summed E-state index contributed by atoms with van der Waals surface area (Å²) < 4.78 is 5.13. The molecule has 6 atom stereocenters. The third-order valence-electron chi connectivity index (χ3n) is 5.14. The Bertz CT molecular complexity index is 416. The van der Waals surface area contributed by atoms with Gasteiger partial charge in [0.1, 0.15) is 30.3 Å². The van der Waals surface area contributed by atoms with Crippen LogP contribution in [-0.2, 0) is 9.53 Å². The first kappa shape index (κ1) is 23.3. The highest BCUT2D eigenvalue weighted by molar-refractivity contribution is 5.71. The van der Waals surface area contributed by atoms with Gasteiger partial charge in [0.15, 0.2) is 0 Å². The van der Waals surface area contributed by atoms with Gasteiger partial charge in [0.05, 0.1) is 6.61 Å². The van der Waals surface area contributed by atoms with Gasteiger partial charge in [-0.3, -0.25) is 4.79 Å². The summed E-state index contributed by atoms with van der Waals surface area (Å²) in [7, 11) is 0. The maximum absolute atomic E-state index is 11.6. The molecule has 1 unspecified atom stereocenters. The number of hydrogen-bond acceptors (Lipinski definition) is 7. The Balaban J connectivity index is 2.60. The summed E-state index contributed by atoms with van der Waals surface area (Å²) in [5.41, 5.74) is 0. The molecular weight excluding hydrogens is 344 g/mol. The van der Waals surface area contributed by atoms with Crippen LogP contribution in [0.4, 0.5) is 0 Å². The van der Waals surface area contributed by atoms with Crippen LogP contribution in [0.3, 0.4) is 0 Å². The topological polar surface area (TPSA) is 148 Å². The van der Waals surface area contributed by atoms with Crippen LogP contribution in [0, 0.1) is 5.92 Å². The van der Waals surface area contributed by atoms with E-state index in [0.717, 1.165) is 25.7 Å². The third kappa shape index (κ3) is 5.87. The van der Waals surface area contributed by atoms with E-state index in [0.29, 0.717) is 6.42 Å². The van der Waals surface area contributed by atoms with E-state index in [4.69, 9.17) is 4.74 Å². The number of unbranched alkanes of at least 4 members (excludes halogenated alkanes) is 7. The van der Waals surface area contributed by atoms with Gasteiger partial charge in [-0.25, -0.2) is 0 Å². The zero-order valence-corrected chi connectivity index (χ0v) is 15.5. The second-order valence-electron chi connectivity index (χ2n) is 7.17. The van der Waals surface area contributed by atoms with Crippen molar-refractivity contribution in [2.45, 2.75) is 94.9 Å². The maximum Gasteiger partial charge on any atom is 0.312 e. The molecule has 8 nitrogen and oxygen atoms in total. The van der Waals surface area contributed by atoms with E-state index >= 15 is 0 Å². The standard InChI is InChI=1S/C18H34O8/c1-2-3-4-5-6-7-8-9-10-12(17(23)24)18(25)16(22)15(21)14(20)13(11-19)26-18/h12-16,19-22,25H,2-11H2,1H3,(H,23,24)/t12?,13-,14+,15+,16-,18-/m1/s1. The van der Waals surface area contributed by atoms with Crippen LogP contribution in [0.1, 0.15) is 64.7 Å². The molecule has 0 aromatic heterocycles. The first-order chi connectivity index (χ1) is 12.3. The molecule has 8 heteroatoms. The molecule has 0 aromatic carbocycles. The normalized spacial score (nSPS) is 33.2. The summed E-state index contributed by atoms with van der Waals surface area (Å²) in [6.45, 7) is 1.42. The SMILES string of the molecule is CCCCCCCCCCC(C(=O)O)[C@@]1(O)O[C@H](CO)[C@H](O)[C@H](O)[C@H]1O. The molecule has 0 radical (unpaired) electrons. The number of carboxylic acids is 1. The van der Waals surface area contributed by atoms with Crippen LogP contribution in [-0.4, -0.2) is 73.4 Å². The molecular formula is C18H34O8. The number of ether oxygens (including phenoxy) is 1. The van der Waals surface area contributed by atoms with Crippen molar-refractivity contribution in [3.63, 3.8) is 0 Å². The number of aliphatic carboxylic acids is 1. The van der Waals surface area contributed by atoms with E-state index in [-0.39, 0.29) is 6.42 Å². The zero-order chi connectivity index (χ0) is 19.7. The van der Waals surface area contributed by atoms with Crippen molar-refractivity contribution in [3.05, 3.63) is 0 Å². The van der Waals surface area contributed by atoms with E-state index in [1.807, 2.05) is 0 Å². The van der Waals surface area contributed by atoms with Gasteiger partial charge in [-0.05, 0) is 6.42 Å². The van der Waals surface area contributed by atoms with Crippen LogP contribution in [0.2, 0.25) is 0 Å². The molecule has 1 aliphatic heterocycles. The molecule has 6 N–H and O–H groups in total. The number of carboxylic acid groups (broad SMARTS) is 1. The summed E-state index contributed by atoms with van der Waals surface area (Å²) in [6, 6.07) is 0. The quantitative estimate of drug-likeness (QED) is 0.267. The van der Waals surface area contributed by atoms with Crippen molar-refractivity contribution in [2.24, 2.45) is 5.92 Å². The molecule has 1 fully saturated rings. The zero-order valence-electron chi connectivity index (χ0n) is 15.5. The molecule has 0 bridgehead atoms. The number of aliphatic hydroxyl groups is 5.